The van der Waals surface area contributed by atoms with Crippen LogP contribution in [0.1, 0.15) is 26.2 Å². The van der Waals surface area contributed by atoms with Crippen LogP contribution in [-0.4, -0.2) is 37.0 Å². The molecule has 0 saturated heterocycles. The second kappa shape index (κ2) is 8.03. The smallest absolute Gasteiger partial charge is 0.305 e. The molecule has 15 heavy (non-hydrogen) atoms. The summed E-state index contributed by atoms with van der Waals surface area (Å²) in [4.78, 5) is 23.7. The van der Waals surface area contributed by atoms with Crippen LogP contribution in [0.15, 0.2) is 12.7 Å². The first kappa shape index (κ1) is 13.7. The van der Waals surface area contributed by atoms with Crippen LogP contribution in [0, 0.1) is 0 Å². The summed E-state index contributed by atoms with van der Waals surface area (Å²) in [5.74, 6) is -0.326. The highest BCUT2D eigenvalue weighted by atomic mass is 16.5. The van der Waals surface area contributed by atoms with Crippen LogP contribution in [0.25, 0.3) is 0 Å². The zero-order valence-corrected chi connectivity index (χ0v) is 9.49. The van der Waals surface area contributed by atoms with Gasteiger partial charge in [-0.15, -0.1) is 0 Å². The van der Waals surface area contributed by atoms with Gasteiger partial charge in [0.15, 0.2) is 0 Å². The predicted octanol–water partition coefficient (Wildman–Crippen LogP) is 1.36. The molecule has 4 nitrogen and oxygen atoms in total. The molecule has 1 amide bonds. The normalized spacial score (nSPS) is 9.47. The van der Waals surface area contributed by atoms with E-state index in [1.165, 1.54) is 11.0 Å². The van der Waals surface area contributed by atoms with E-state index in [2.05, 4.69) is 6.58 Å². The predicted molar refractivity (Wildman–Crippen MR) is 58.3 cm³/mol. The Balaban J connectivity index is 3.56. The van der Waals surface area contributed by atoms with Gasteiger partial charge in [-0.25, -0.2) is 0 Å². The van der Waals surface area contributed by atoms with Crippen LogP contribution in [0.2, 0.25) is 0 Å². The van der Waals surface area contributed by atoms with Crippen molar-refractivity contribution >= 4 is 11.9 Å². The van der Waals surface area contributed by atoms with E-state index in [-0.39, 0.29) is 11.9 Å². The van der Waals surface area contributed by atoms with E-state index in [9.17, 15) is 9.59 Å². The third kappa shape index (κ3) is 6.71. The third-order valence-corrected chi connectivity index (χ3v) is 1.89. The number of ether oxygens (including phenoxy) is 1. The first-order valence-electron chi connectivity index (χ1n) is 5.15. The third-order valence-electron chi connectivity index (χ3n) is 1.89. The Morgan fingerprint density at radius 2 is 2.13 bits per heavy atom. The molecule has 0 aliphatic rings. The van der Waals surface area contributed by atoms with Gasteiger partial charge in [-0.05, 0) is 18.9 Å². The molecule has 0 aromatic heterocycles. The summed E-state index contributed by atoms with van der Waals surface area (Å²) in [6.07, 6.45) is 3.07. The summed E-state index contributed by atoms with van der Waals surface area (Å²) >= 11 is 0. The van der Waals surface area contributed by atoms with Crippen LogP contribution in [0.5, 0.6) is 0 Å². The Morgan fingerprint density at radius 3 is 2.67 bits per heavy atom. The lowest BCUT2D eigenvalue weighted by Gasteiger charge is -2.14. The van der Waals surface area contributed by atoms with E-state index in [0.717, 1.165) is 6.42 Å². The first-order valence-corrected chi connectivity index (χ1v) is 5.15. The van der Waals surface area contributed by atoms with Crippen molar-refractivity contribution < 1.29 is 14.3 Å². The maximum atomic E-state index is 11.1. The van der Waals surface area contributed by atoms with E-state index in [1.807, 2.05) is 6.92 Å². The molecule has 0 unspecified atom stereocenters. The number of carbonyl (C=O) groups is 2. The fourth-order valence-corrected chi connectivity index (χ4v) is 1.01. The summed E-state index contributed by atoms with van der Waals surface area (Å²) in [6.45, 7) is 6.35. The van der Waals surface area contributed by atoms with E-state index in [1.54, 1.807) is 7.05 Å². The summed E-state index contributed by atoms with van der Waals surface area (Å²) in [6, 6.07) is 0. The number of carbonyl (C=O) groups excluding carboxylic acids is 2. The molecule has 0 spiro atoms. The van der Waals surface area contributed by atoms with Gasteiger partial charge in [0.05, 0.1) is 6.61 Å². The number of hydrogen-bond acceptors (Lipinski definition) is 3. The van der Waals surface area contributed by atoms with Gasteiger partial charge < -0.3 is 9.64 Å². The van der Waals surface area contributed by atoms with Crippen molar-refractivity contribution in [3.05, 3.63) is 12.7 Å². The summed E-state index contributed by atoms with van der Waals surface area (Å²) in [5, 5.41) is 0. The van der Waals surface area contributed by atoms with E-state index in [0.29, 0.717) is 26.0 Å². The highest BCUT2D eigenvalue weighted by Crippen LogP contribution is 1.97. The SMILES string of the molecule is C=CC(=O)N(C)CCCC(=O)OCCC. The lowest BCUT2D eigenvalue weighted by atomic mass is 10.3. The molecule has 0 radical (unpaired) electrons. The molecule has 86 valence electrons. The minimum Gasteiger partial charge on any atom is -0.466 e. The molecule has 0 bridgehead atoms. The lowest BCUT2D eigenvalue weighted by molar-refractivity contribution is -0.144. The molecular formula is C11H19NO3. The molecule has 4 heteroatoms. The molecule has 0 saturated carbocycles. The van der Waals surface area contributed by atoms with Gasteiger partial charge in [0.25, 0.3) is 0 Å². The number of hydrogen-bond donors (Lipinski definition) is 0. The Morgan fingerprint density at radius 1 is 1.47 bits per heavy atom. The molecule has 0 aromatic carbocycles. The molecule has 0 aliphatic heterocycles. The molecular weight excluding hydrogens is 194 g/mol. The highest BCUT2D eigenvalue weighted by Gasteiger charge is 2.06. The second-order valence-corrected chi connectivity index (χ2v) is 3.29. The van der Waals surface area contributed by atoms with Crippen LogP contribution in [-0.2, 0) is 14.3 Å². The van der Waals surface area contributed by atoms with Crippen molar-refractivity contribution in [2.75, 3.05) is 20.2 Å². The average molecular weight is 213 g/mol. The largest absolute Gasteiger partial charge is 0.466 e. The van der Waals surface area contributed by atoms with Crippen molar-refractivity contribution in [2.45, 2.75) is 26.2 Å². The summed E-state index contributed by atoms with van der Waals surface area (Å²) in [7, 11) is 1.68. The number of nitrogens with zero attached hydrogens (tertiary/aromatic N) is 1. The van der Waals surface area contributed by atoms with Crippen molar-refractivity contribution in [3.63, 3.8) is 0 Å². The second-order valence-electron chi connectivity index (χ2n) is 3.29. The molecule has 0 fully saturated rings. The number of amides is 1. The Labute approximate surface area is 90.9 Å². The zero-order valence-electron chi connectivity index (χ0n) is 9.49. The Kier molecular flexibility index (Phi) is 7.32. The molecule has 0 aliphatic carbocycles. The topological polar surface area (TPSA) is 46.6 Å². The zero-order chi connectivity index (χ0) is 11.7. The van der Waals surface area contributed by atoms with Gasteiger partial charge in [0.2, 0.25) is 5.91 Å². The Bertz CT molecular complexity index is 226. The Hall–Kier alpha value is -1.32. The average Bonchev–Trinajstić information content (AvgIpc) is 2.24. The van der Waals surface area contributed by atoms with Gasteiger partial charge in [-0.2, -0.15) is 0 Å². The lowest BCUT2D eigenvalue weighted by Crippen LogP contribution is -2.26. The fraction of sp³-hybridized carbons (Fsp3) is 0.636. The van der Waals surface area contributed by atoms with E-state index in [4.69, 9.17) is 4.74 Å². The minimum atomic E-state index is -0.198. The van der Waals surface area contributed by atoms with E-state index >= 15 is 0 Å². The maximum Gasteiger partial charge on any atom is 0.305 e. The first-order chi connectivity index (χ1) is 7.11. The molecule has 0 N–H and O–H groups in total. The van der Waals surface area contributed by atoms with Crippen LogP contribution >= 0.6 is 0 Å². The van der Waals surface area contributed by atoms with Crippen LogP contribution in [0.3, 0.4) is 0 Å². The number of rotatable bonds is 7. The molecule has 0 rings (SSSR count). The summed E-state index contributed by atoms with van der Waals surface area (Å²) < 4.78 is 4.90. The monoisotopic (exact) mass is 213 g/mol. The van der Waals surface area contributed by atoms with Crippen molar-refractivity contribution in [1.29, 1.82) is 0 Å². The number of esters is 1. The minimum absolute atomic E-state index is 0.128. The molecule has 0 aromatic rings. The van der Waals surface area contributed by atoms with Crippen molar-refractivity contribution in [2.24, 2.45) is 0 Å². The van der Waals surface area contributed by atoms with Gasteiger partial charge >= 0.3 is 5.97 Å². The summed E-state index contributed by atoms with van der Waals surface area (Å²) in [5.41, 5.74) is 0. The quantitative estimate of drug-likeness (QED) is 0.474. The van der Waals surface area contributed by atoms with Gasteiger partial charge in [0, 0.05) is 20.0 Å². The van der Waals surface area contributed by atoms with Gasteiger partial charge in [0.1, 0.15) is 0 Å². The molecule has 0 heterocycles. The van der Waals surface area contributed by atoms with E-state index < -0.39 is 0 Å². The van der Waals surface area contributed by atoms with Crippen LogP contribution < -0.4 is 0 Å². The fourth-order valence-electron chi connectivity index (χ4n) is 1.01. The van der Waals surface area contributed by atoms with Crippen molar-refractivity contribution in [1.82, 2.24) is 4.90 Å². The highest BCUT2D eigenvalue weighted by molar-refractivity contribution is 5.86. The standard InChI is InChI=1S/C11H19NO3/c1-4-9-15-11(14)7-6-8-12(3)10(13)5-2/h5H,2,4,6-9H2,1,3H3. The van der Waals surface area contributed by atoms with Gasteiger partial charge in [-0.1, -0.05) is 13.5 Å². The maximum absolute atomic E-state index is 11.1. The van der Waals surface area contributed by atoms with Gasteiger partial charge in [-0.3, -0.25) is 9.59 Å². The van der Waals surface area contributed by atoms with Crippen molar-refractivity contribution in [3.8, 4) is 0 Å². The number of likely N-dealkylation sites (N-methyl/N-ethyl adjacent to an activating group) is 1. The molecule has 0 atom stereocenters. The van der Waals surface area contributed by atoms with Crippen LogP contribution in [0.4, 0.5) is 0 Å².